The van der Waals surface area contributed by atoms with E-state index >= 15 is 0 Å². The Morgan fingerprint density at radius 1 is 1.53 bits per heavy atom. The molecule has 0 radical (unpaired) electrons. The summed E-state index contributed by atoms with van der Waals surface area (Å²) in [5.74, 6) is -1.07. The lowest BCUT2D eigenvalue weighted by atomic mass is 10.2. The summed E-state index contributed by atoms with van der Waals surface area (Å²) in [6.07, 6.45) is 3.33. The van der Waals surface area contributed by atoms with Crippen LogP contribution in [-0.4, -0.2) is 28.1 Å². The number of aromatic nitrogens is 1. The number of nitrogens with one attached hydrogen (secondary N) is 2. The van der Waals surface area contributed by atoms with Crippen LogP contribution in [0.5, 0.6) is 0 Å². The van der Waals surface area contributed by atoms with Gasteiger partial charge in [-0.2, -0.15) is 0 Å². The van der Waals surface area contributed by atoms with Gasteiger partial charge in [0, 0.05) is 18.9 Å². The Kier molecular flexibility index (Phi) is 4.45. The van der Waals surface area contributed by atoms with Gasteiger partial charge in [0.1, 0.15) is 6.04 Å². The van der Waals surface area contributed by atoms with E-state index < -0.39 is 18.0 Å². The number of nitrogens with zero attached hydrogens (tertiary/aromatic N) is 1. The zero-order valence-electron chi connectivity index (χ0n) is 9.73. The normalized spacial score (nSPS) is 11.6. The SMILES string of the molecule is Cc1ccncc1CNC(=O)NC(C)C(=O)O. The van der Waals surface area contributed by atoms with Gasteiger partial charge in [0.15, 0.2) is 0 Å². The molecular formula is C11H15N3O3. The molecule has 1 aromatic heterocycles. The largest absolute Gasteiger partial charge is 0.480 e. The van der Waals surface area contributed by atoms with Crippen LogP contribution >= 0.6 is 0 Å². The van der Waals surface area contributed by atoms with E-state index in [1.165, 1.54) is 6.92 Å². The zero-order chi connectivity index (χ0) is 12.8. The average molecular weight is 237 g/mol. The number of carbonyl (C=O) groups is 2. The highest BCUT2D eigenvalue weighted by atomic mass is 16.4. The van der Waals surface area contributed by atoms with Crippen LogP contribution in [0, 0.1) is 6.92 Å². The van der Waals surface area contributed by atoms with Crippen LogP contribution in [0.1, 0.15) is 18.1 Å². The van der Waals surface area contributed by atoms with Gasteiger partial charge in [-0.15, -0.1) is 0 Å². The molecule has 6 heteroatoms. The fraction of sp³-hybridized carbons (Fsp3) is 0.364. The standard InChI is InChI=1S/C11H15N3O3/c1-7-3-4-12-5-9(7)6-13-11(17)14-8(2)10(15)16/h3-5,8H,6H2,1-2H3,(H,15,16)(H2,13,14,17). The first kappa shape index (κ1) is 13.0. The molecule has 3 N–H and O–H groups in total. The van der Waals surface area contributed by atoms with Crippen LogP contribution in [0.3, 0.4) is 0 Å². The number of aliphatic carboxylic acids is 1. The Bertz CT molecular complexity index is 420. The van der Waals surface area contributed by atoms with E-state index in [-0.39, 0.29) is 0 Å². The molecule has 0 saturated heterocycles. The minimum Gasteiger partial charge on any atom is -0.480 e. The first-order valence-electron chi connectivity index (χ1n) is 5.17. The van der Waals surface area contributed by atoms with E-state index in [0.29, 0.717) is 6.54 Å². The molecule has 1 heterocycles. The van der Waals surface area contributed by atoms with Crippen LogP contribution in [-0.2, 0) is 11.3 Å². The Morgan fingerprint density at radius 2 is 2.24 bits per heavy atom. The van der Waals surface area contributed by atoms with E-state index in [4.69, 9.17) is 5.11 Å². The molecular weight excluding hydrogens is 222 g/mol. The molecule has 0 aliphatic carbocycles. The van der Waals surface area contributed by atoms with Crippen molar-refractivity contribution in [3.05, 3.63) is 29.6 Å². The number of aryl methyl sites for hydroxylation is 1. The summed E-state index contributed by atoms with van der Waals surface area (Å²) in [5.41, 5.74) is 1.91. The minimum absolute atomic E-state index is 0.317. The number of rotatable bonds is 4. The summed E-state index contributed by atoms with van der Waals surface area (Å²) in [7, 11) is 0. The van der Waals surface area contributed by atoms with Crippen molar-refractivity contribution in [2.45, 2.75) is 26.4 Å². The number of carboxylic acids is 1. The van der Waals surface area contributed by atoms with Crippen molar-refractivity contribution in [2.24, 2.45) is 0 Å². The second kappa shape index (κ2) is 5.83. The van der Waals surface area contributed by atoms with E-state index in [2.05, 4.69) is 15.6 Å². The fourth-order valence-electron chi connectivity index (χ4n) is 1.17. The van der Waals surface area contributed by atoms with Gasteiger partial charge in [-0.05, 0) is 31.0 Å². The quantitative estimate of drug-likeness (QED) is 0.717. The molecule has 1 unspecified atom stereocenters. The third-order valence-corrected chi connectivity index (χ3v) is 2.30. The van der Waals surface area contributed by atoms with Crippen molar-refractivity contribution in [2.75, 3.05) is 0 Å². The molecule has 0 saturated carbocycles. The average Bonchev–Trinajstić information content (AvgIpc) is 2.27. The van der Waals surface area contributed by atoms with Gasteiger partial charge < -0.3 is 15.7 Å². The van der Waals surface area contributed by atoms with Crippen LogP contribution in [0.4, 0.5) is 4.79 Å². The molecule has 0 aliphatic rings. The monoisotopic (exact) mass is 237 g/mol. The zero-order valence-corrected chi connectivity index (χ0v) is 9.73. The Labute approximate surface area is 99.1 Å². The number of urea groups is 1. The lowest BCUT2D eigenvalue weighted by Crippen LogP contribution is -2.44. The van der Waals surface area contributed by atoms with Crippen molar-refractivity contribution >= 4 is 12.0 Å². The fourth-order valence-corrected chi connectivity index (χ4v) is 1.17. The van der Waals surface area contributed by atoms with E-state index in [1.54, 1.807) is 12.4 Å². The molecule has 92 valence electrons. The number of hydrogen-bond acceptors (Lipinski definition) is 3. The Morgan fingerprint density at radius 3 is 2.82 bits per heavy atom. The van der Waals surface area contributed by atoms with Gasteiger partial charge in [0.05, 0.1) is 0 Å². The number of carboxylic acid groups (broad SMARTS) is 1. The maximum atomic E-state index is 11.3. The number of carbonyl (C=O) groups excluding carboxylic acids is 1. The van der Waals surface area contributed by atoms with Crippen LogP contribution in [0.15, 0.2) is 18.5 Å². The predicted molar refractivity (Wildman–Crippen MR) is 61.4 cm³/mol. The molecule has 1 aromatic rings. The molecule has 0 fully saturated rings. The minimum atomic E-state index is -1.07. The third-order valence-electron chi connectivity index (χ3n) is 2.30. The van der Waals surface area contributed by atoms with Gasteiger partial charge in [-0.25, -0.2) is 4.79 Å². The first-order chi connectivity index (χ1) is 8.00. The first-order valence-corrected chi connectivity index (χ1v) is 5.17. The summed E-state index contributed by atoms with van der Waals surface area (Å²) in [5, 5.41) is 13.5. The Hall–Kier alpha value is -2.11. The molecule has 0 bridgehead atoms. The summed E-state index contributed by atoms with van der Waals surface area (Å²) in [6.45, 7) is 3.63. The van der Waals surface area contributed by atoms with E-state index in [9.17, 15) is 9.59 Å². The van der Waals surface area contributed by atoms with Gasteiger partial charge in [-0.1, -0.05) is 0 Å². The molecule has 6 nitrogen and oxygen atoms in total. The highest BCUT2D eigenvalue weighted by molar-refractivity contribution is 5.82. The molecule has 0 aliphatic heterocycles. The topological polar surface area (TPSA) is 91.3 Å². The van der Waals surface area contributed by atoms with Crippen molar-refractivity contribution < 1.29 is 14.7 Å². The van der Waals surface area contributed by atoms with Crippen molar-refractivity contribution in [3.8, 4) is 0 Å². The summed E-state index contributed by atoms with van der Waals surface area (Å²) < 4.78 is 0. The molecule has 2 amide bonds. The van der Waals surface area contributed by atoms with Gasteiger partial charge in [-0.3, -0.25) is 9.78 Å². The van der Waals surface area contributed by atoms with Gasteiger partial charge >= 0.3 is 12.0 Å². The lowest BCUT2D eigenvalue weighted by molar-refractivity contribution is -0.138. The Balaban J connectivity index is 2.44. The summed E-state index contributed by atoms with van der Waals surface area (Å²) in [4.78, 5) is 25.8. The maximum Gasteiger partial charge on any atom is 0.325 e. The van der Waals surface area contributed by atoms with Gasteiger partial charge in [0.25, 0.3) is 0 Å². The van der Waals surface area contributed by atoms with Crippen molar-refractivity contribution in [1.82, 2.24) is 15.6 Å². The van der Waals surface area contributed by atoms with Crippen molar-refractivity contribution in [1.29, 1.82) is 0 Å². The van der Waals surface area contributed by atoms with Crippen LogP contribution in [0.2, 0.25) is 0 Å². The van der Waals surface area contributed by atoms with Crippen LogP contribution < -0.4 is 10.6 Å². The number of amides is 2. The highest BCUT2D eigenvalue weighted by Crippen LogP contribution is 2.03. The third kappa shape index (κ3) is 4.10. The molecule has 0 aromatic carbocycles. The van der Waals surface area contributed by atoms with E-state index in [0.717, 1.165) is 11.1 Å². The smallest absolute Gasteiger partial charge is 0.325 e. The maximum absolute atomic E-state index is 11.3. The second-order valence-electron chi connectivity index (χ2n) is 3.69. The lowest BCUT2D eigenvalue weighted by Gasteiger charge is -2.11. The predicted octanol–water partition coefficient (Wildman–Crippen LogP) is 0.662. The molecule has 0 spiro atoms. The number of pyridine rings is 1. The summed E-state index contributed by atoms with van der Waals surface area (Å²) in [6, 6.07) is 0.419. The highest BCUT2D eigenvalue weighted by Gasteiger charge is 2.13. The van der Waals surface area contributed by atoms with Gasteiger partial charge in [0.2, 0.25) is 0 Å². The molecule has 1 rings (SSSR count). The van der Waals surface area contributed by atoms with E-state index in [1.807, 2.05) is 13.0 Å². The summed E-state index contributed by atoms with van der Waals surface area (Å²) >= 11 is 0. The molecule has 17 heavy (non-hydrogen) atoms. The van der Waals surface area contributed by atoms with Crippen LogP contribution in [0.25, 0.3) is 0 Å². The second-order valence-corrected chi connectivity index (χ2v) is 3.69. The van der Waals surface area contributed by atoms with Crippen molar-refractivity contribution in [3.63, 3.8) is 0 Å². The number of hydrogen-bond donors (Lipinski definition) is 3. The molecule has 1 atom stereocenters.